The first-order valence-electron chi connectivity index (χ1n) is 6.77. The summed E-state index contributed by atoms with van der Waals surface area (Å²) in [5.41, 5.74) is -0.295. The Morgan fingerprint density at radius 1 is 1.40 bits per heavy atom. The summed E-state index contributed by atoms with van der Waals surface area (Å²) in [6.07, 6.45) is 2.36. The van der Waals surface area contributed by atoms with Crippen molar-refractivity contribution < 1.29 is 18.4 Å². The number of benzene rings is 1. The first-order valence-corrected chi connectivity index (χ1v) is 6.77. The fourth-order valence-electron chi connectivity index (χ4n) is 2.58. The van der Waals surface area contributed by atoms with Gasteiger partial charge in [0.25, 0.3) is 0 Å². The molecule has 0 saturated carbocycles. The third-order valence-corrected chi connectivity index (χ3v) is 3.55. The van der Waals surface area contributed by atoms with Crippen LogP contribution < -0.4 is 0 Å². The molecule has 1 heterocycles. The first-order chi connectivity index (χ1) is 9.51. The molecule has 2 rings (SSSR count). The lowest BCUT2D eigenvalue weighted by atomic mass is 10.0. The topological polar surface area (TPSA) is 37.4 Å². The highest BCUT2D eigenvalue weighted by molar-refractivity contribution is 5.99. The van der Waals surface area contributed by atoms with E-state index in [2.05, 4.69) is 0 Å². The van der Waals surface area contributed by atoms with Crippen LogP contribution in [0.2, 0.25) is 0 Å². The number of likely N-dealkylation sites (tertiary alicyclic amines) is 1. The molecule has 0 bridgehead atoms. The number of halogens is 2. The fourth-order valence-corrected chi connectivity index (χ4v) is 2.58. The van der Waals surface area contributed by atoms with Crippen molar-refractivity contribution in [3.63, 3.8) is 0 Å². The van der Waals surface area contributed by atoms with E-state index in [0.717, 1.165) is 31.0 Å². The zero-order valence-electron chi connectivity index (χ0n) is 11.4. The van der Waals surface area contributed by atoms with Crippen molar-refractivity contribution in [1.82, 2.24) is 4.90 Å². The number of amides is 1. The van der Waals surface area contributed by atoms with Gasteiger partial charge in [0, 0.05) is 13.0 Å². The summed E-state index contributed by atoms with van der Waals surface area (Å²) >= 11 is 0. The zero-order chi connectivity index (χ0) is 14.7. The minimum Gasteiger partial charge on any atom is -0.335 e. The third kappa shape index (κ3) is 3.21. The van der Waals surface area contributed by atoms with E-state index in [0.29, 0.717) is 13.0 Å². The van der Waals surface area contributed by atoms with Gasteiger partial charge in [0.2, 0.25) is 5.91 Å². The largest absolute Gasteiger partial charge is 0.335 e. The smallest absolute Gasteiger partial charge is 0.223 e. The minimum absolute atomic E-state index is 0.0892. The Balaban J connectivity index is 2.05. The Morgan fingerprint density at radius 3 is 2.85 bits per heavy atom. The number of hydrogen-bond donors (Lipinski definition) is 0. The lowest BCUT2D eigenvalue weighted by Gasteiger charge is -2.15. The Bertz CT molecular complexity index is 531. The lowest BCUT2D eigenvalue weighted by molar-refractivity contribution is -0.127. The number of rotatable bonds is 5. The second kappa shape index (κ2) is 6.11. The average molecular weight is 281 g/mol. The van der Waals surface area contributed by atoms with Crippen LogP contribution in [0.15, 0.2) is 18.2 Å². The van der Waals surface area contributed by atoms with Gasteiger partial charge in [0.05, 0.1) is 12.1 Å². The Labute approximate surface area is 116 Å². The summed E-state index contributed by atoms with van der Waals surface area (Å²) in [6.45, 7) is 2.38. The van der Waals surface area contributed by atoms with Crippen LogP contribution in [-0.2, 0) is 4.79 Å². The van der Waals surface area contributed by atoms with E-state index < -0.39 is 17.4 Å². The van der Waals surface area contributed by atoms with Gasteiger partial charge in [-0.3, -0.25) is 9.59 Å². The number of carbonyl (C=O) groups excluding carboxylic acids is 2. The summed E-state index contributed by atoms with van der Waals surface area (Å²) in [6, 6.07) is 2.76. The van der Waals surface area contributed by atoms with Crippen molar-refractivity contribution >= 4 is 11.7 Å². The van der Waals surface area contributed by atoms with Gasteiger partial charge in [-0.2, -0.15) is 0 Å². The van der Waals surface area contributed by atoms with Crippen LogP contribution in [0.3, 0.4) is 0 Å². The van der Waals surface area contributed by atoms with E-state index in [9.17, 15) is 18.4 Å². The quantitative estimate of drug-likeness (QED) is 0.778. The van der Waals surface area contributed by atoms with Crippen molar-refractivity contribution in [2.24, 2.45) is 5.92 Å². The maximum Gasteiger partial charge on any atom is 0.223 e. The van der Waals surface area contributed by atoms with Crippen molar-refractivity contribution in [3.05, 3.63) is 35.4 Å². The molecule has 0 aromatic heterocycles. The van der Waals surface area contributed by atoms with Crippen LogP contribution >= 0.6 is 0 Å². The van der Waals surface area contributed by atoms with Crippen molar-refractivity contribution in [2.75, 3.05) is 13.1 Å². The van der Waals surface area contributed by atoms with E-state index in [-0.39, 0.29) is 23.9 Å². The molecule has 0 N–H and O–H groups in total. The van der Waals surface area contributed by atoms with Crippen molar-refractivity contribution in [1.29, 1.82) is 0 Å². The zero-order valence-corrected chi connectivity index (χ0v) is 11.4. The number of nitrogens with zero attached hydrogens (tertiary/aromatic N) is 1. The monoisotopic (exact) mass is 281 g/mol. The SMILES string of the molecule is CCCC1CC(=O)N(CC(=O)c2cc(F)ccc2F)C1. The molecule has 3 nitrogen and oxygen atoms in total. The number of ketones is 1. The van der Waals surface area contributed by atoms with Crippen LogP contribution in [0.1, 0.15) is 36.5 Å². The van der Waals surface area contributed by atoms with Crippen molar-refractivity contribution in [3.8, 4) is 0 Å². The molecular formula is C15H17F2NO2. The van der Waals surface area contributed by atoms with E-state index in [1.54, 1.807) is 0 Å². The molecule has 1 aliphatic heterocycles. The molecule has 5 heteroatoms. The molecule has 0 spiro atoms. The van der Waals surface area contributed by atoms with Gasteiger partial charge in [-0.1, -0.05) is 13.3 Å². The molecule has 1 aromatic rings. The molecule has 1 atom stereocenters. The molecule has 1 amide bonds. The average Bonchev–Trinajstić information content (AvgIpc) is 2.73. The maximum atomic E-state index is 13.5. The van der Waals surface area contributed by atoms with E-state index >= 15 is 0 Å². The molecule has 0 radical (unpaired) electrons. The molecule has 1 aliphatic rings. The first kappa shape index (κ1) is 14.6. The van der Waals surface area contributed by atoms with Crippen LogP contribution in [0.25, 0.3) is 0 Å². The summed E-state index contributed by atoms with van der Waals surface area (Å²) in [7, 11) is 0. The summed E-state index contributed by atoms with van der Waals surface area (Å²) in [4.78, 5) is 25.2. The van der Waals surface area contributed by atoms with Gasteiger partial charge in [-0.05, 0) is 30.5 Å². The van der Waals surface area contributed by atoms with E-state index in [1.165, 1.54) is 4.90 Å². The van der Waals surface area contributed by atoms with E-state index in [4.69, 9.17) is 0 Å². The standard InChI is InChI=1S/C15H17F2NO2/c1-2-3-10-6-15(20)18(8-10)9-14(19)12-7-11(16)4-5-13(12)17/h4-5,7,10H,2-3,6,8-9H2,1H3. The Kier molecular flexibility index (Phi) is 4.47. The molecule has 1 unspecified atom stereocenters. The second-order valence-electron chi connectivity index (χ2n) is 5.18. The highest BCUT2D eigenvalue weighted by Crippen LogP contribution is 2.22. The number of carbonyl (C=O) groups is 2. The van der Waals surface area contributed by atoms with Gasteiger partial charge in [0.1, 0.15) is 11.6 Å². The van der Waals surface area contributed by atoms with Crippen LogP contribution in [-0.4, -0.2) is 29.7 Å². The Morgan fingerprint density at radius 2 is 2.15 bits per heavy atom. The van der Waals surface area contributed by atoms with Gasteiger partial charge in [0.15, 0.2) is 5.78 Å². The second-order valence-corrected chi connectivity index (χ2v) is 5.18. The number of Topliss-reactive ketones (excluding diaryl/α,β-unsaturated/α-hetero) is 1. The van der Waals surface area contributed by atoms with Gasteiger partial charge in [-0.25, -0.2) is 8.78 Å². The molecule has 20 heavy (non-hydrogen) atoms. The Hall–Kier alpha value is -1.78. The van der Waals surface area contributed by atoms with Gasteiger partial charge >= 0.3 is 0 Å². The molecular weight excluding hydrogens is 264 g/mol. The minimum atomic E-state index is -0.756. The molecule has 108 valence electrons. The van der Waals surface area contributed by atoms with Crippen LogP contribution in [0.4, 0.5) is 8.78 Å². The molecule has 1 fully saturated rings. The lowest BCUT2D eigenvalue weighted by Crippen LogP contribution is -2.31. The third-order valence-electron chi connectivity index (χ3n) is 3.55. The fraction of sp³-hybridized carbons (Fsp3) is 0.467. The highest BCUT2D eigenvalue weighted by Gasteiger charge is 2.30. The van der Waals surface area contributed by atoms with Crippen LogP contribution in [0, 0.1) is 17.6 Å². The number of hydrogen-bond acceptors (Lipinski definition) is 2. The van der Waals surface area contributed by atoms with Crippen LogP contribution in [0.5, 0.6) is 0 Å². The normalized spacial score (nSPS) is 18.6. The molecule has 1 aromatic carbocycles. The van der Waals surface area contributed by atoms with Gasteiger partial charge < -0.3 is 4.90 Å². The summed E-state index contributed by atoms with van der Waals surface area (Å²) < 4.78 is 26.6. The maximum absolute atomic E-state index is 13.5. The summed E-state index contributed by atoms with van der Waals surface area (Å²) in [5, 5.41) is 0. The predicted molar refractivity (Wildman–Crippen MR) is 70.3 cm³/mol. The molecule has 0 aliphatic carbocycles. The van der Waals surface area contributed by atoms with Gasteiger partial charge in [-0.15, -0.1) is 0 Å². The highest BCUT2D eigenvalue weighted by atomic mass is 19.1. The van der Waals surface area contributed by atoms with E-state index in [1.807, 2.05) is 6.92 Å². The predicted octanol–water partition coefficient (Wildman–Crippen LogP) is 2.80. The molecule has 1 saturated heterocycles. The van der Waals surface area contributed by atoms with Crippen molar-refractivity contribution in [2.45, 2.75) is 26.2 Å². The summed E-state index contributed by atoms with van der Waals surface area (Å²) in [5.74, 6) is -1.81.